The van der Waals surface area contributed by atoms with Crippen molar-refractivity contribution in [2.75, 3.05) is 20.7 Å². The Bertz CT molecular complexity index is 536. The van der Waals surface area contributed by atoms with Gasteiger partial charge in [0.15, 0.2) is 11.5 Å². The molecular formula is C14H17F2NO5. The standard InChI is InChI=1S/C14H17F2NO5/c1-17(8-4-7-11(18)19)13(20)9-5-3-6-10(21-2)12(9)22-14(15)16/h3,5-6,14H,4,7-8H2,1-2H3,(H,18,19). The molecule has 22 heavy (non-hydrogen) atoms. The molecule has 0 radical (unpaired) electrons. The number of benzene rings is 1. The molecule has 0 atom stereocenters. The van der Waals surface area contributed by atoms with E-state index in [-0.39, 0.29) is 36.4 Å². The molecule has 0 aliphatic heterocycles. The number of methoxy groups -OCH3 is 1. The van der Waals surface area contributed by atoms with E-state index in [2.05, 4.69) is 4.74 Å². The fourth-order valence-electron chi connectivity index (χ4n) is 1.83. The first-order valence-corrected chi connectivity index (χ1v) is 6.46. The maximum absolute atomic E-state index is 12.5. The Morgan fingerprint density at radius 3 is 2.59 bits per heavy atom. The summed E-state index contributed by atoms with van der Waals surface area (Å²) in [4.78, 5) is 24.0. The number of para-hydroxylation sites is 1. The maximum atomic E-state index is 12.5. The summed E-state index contributed by atoms with van der Waals surface area (Å²) in [5.41, 5.74) is -0.0718. The molecule has 8 heteroatoms. The monoisotopic (exact) mass is 317 g/mol. The van der Waals surface area contributed by atoms with Gasteiger partial charge in [-0.2, -0.15) is 8.78 Å². The summed E-state index contributed by atoms with van der Waals surface area (Å²) in [7, 11) is 2.73. The summed E-state index contributed by atoms with van der Waals surface area (Å²) < 4.78 is 34.3. The molecule has 0 fully saturated rings. The third-order valence-electron chi connectivity index (χ3n) is 2.87. The lowest BCUT2D eigenvalue weighted by Crippen LogP contribution is -2.28. The van der Waals surface area contributed by atoms with Gasteiger partial charge in [0.2, 0.25) is 0 Å². The van der Waals surface area contributed by atoms with Crippen LogP contribution in [0.5, 0.6) is 11.5 Å². The summed E-state index contributed by atoms with van der Waals surface area (Å²) in [5.74, 6) is -1.84. The molecule has 122 valence electrons. The number of rotatable bonds is 8. The highest BCUT2D eigenvalue weighted by Crippen LogP contribution is 2.33. The zero-order chi connectivity index (χ0) is 16.7. The predicted octanol–water partition coefficient (Wildman–Crippen LogP) is 2.23. The van der Waals surface area contributed by atoms with Crippen LogP contribution in [0, 0.1) is 0 Å². The van der Waals surface area contributed by atoms with E-state index in [1.165, 1.54) is 37.3 Å². The lowest BCUT2D eigenvalue weighted by atomic mass is 10.1. The van der Waals surface area contributed by atoms with Gasteiger partial charge in [-0.25, -0.2) is 0 Å². The number of hydrogen-bond acceptors (Lipinski definition) is 4. The highest BCUT2D eigenvalue weighted by atomic mass is 19.3. The molecule has 6 nitrogen and oxygen atoms in total. The third kappa shape index (κ3) is 4.87. The number of alkyl halides is 2. The average Bonchev–Trinajstić information content (AvgIpc) is 2.45. The Labute approximate surface area is 126 Å². The molecule has 0 saturated heterocycles. The van der Waals surface area contributed by atoms with Crippen LogP contribution in [0.15, 0.2) is 18.2 Å². The molecule has 1 N–H and O–H groups in total. The van der Waals surface area contributed by atoms with Crippen molar-refractivity contribution >= 4 is 11.9 Å². The topological polar surface area (TPSA) is 76.1 Å². The van der Waals surface area contributed by atoms with Crippen LogP contribution in [0.1, 0.15) is 23.2 Å². The number of carboxylic acids is 1. The molecule has 0 aliphatic carbocycles. The minimum absolute atomic E-state index is 0.0186. The number of amides is 1. The minimum atomic E-state index is -3.10. The van der Waals surface area contributed by atoms with Gasteiger partial charge in [0.25, 0.3) is 5.91 Å². The molecule has 0 saturated carbocycles. The van der Waals surface area contributed by atoms with Crippen molar-refractivity contribution in [2.24, 2.45) is 0 Å². The first-order valence-electron chi connectivity index (χ1n) is 6.46. The van der Waals surface area contributed by atoms with Crippen molar-refractivity contribution in [2.45, 2.75) is 19.5 Å². The Morgan fingerprint density at radius 2 is 2.05 bits per heavy atom. The smallest absolute Gasteiger partial charge is 0.387 e. The van der Waals surface area contributed by atoms with E-state index >= 15 is 0 Å². The first-order chi connectivity index (χ1) is 10.4. The van der Waals surface area contributed by atoms with E-state index in [0.29, 0.717) is 0 Å². The molecule has 0 aromatic heterocycles. The van der Waals surface area contributed by atoms with Crippen LogP contribution in [0.2, 0.25) is 0 Å². The normalized spacial score (nSPS) is 10.4. The first kappa shape index (κ1) is 17.7. The third-order valence-corrected chi connectivity index (χ3v) is 2.87. The molecule has 0 spiro atoms. The van der Waals surface area contributed by atoms with Crippen molar-refractivity contribution in [3.05, 3.63) is 23.8 Å². The second-order valence-corrected chi connectivity index (χ2v) is 4.44. The number of carbonyl (C=O) groups is 2. The van der Waals surface area contributed by atoms with Gasteiger partial charge in [-0.15, -0.1) is 0 Å². The Balaban J connectivity index is 2.93. The van der Waals surface area contributed by atoms with Gasteiger partial charge in [-0.1, -0.05) is 6.07 Å². The molecular weight excluding hydrogens is 300 g/mol. The zero-order valence-corrected chi connectivity index (χ0v) is 12.2. The van der Waals surface area contributed by atoms with E-state index in [1.807, 2.05) is 0 Å². The number of halogens is 2. The highest BCUT2D eigenvalue weighted by Gasteiger charge is 2.22. The summed E-state index contributed by atoms with van der Waals surface area (Å²) in [5, 5.41) is 8.57. The molecule has 0 aliphatic rings. The molecule has 1 rings (SSSR count). The lowest BCUT2D eigenvalue weighted by Gasteiger charge is -2.19. The summed E-state index contributed by atoms with van der Waals surface area (Å²) in [6, 6.07) is 4.23. The summed E-state index contributed by atoms with van der Waals surface area (Å²) >= 11 is 0. The number of hydrogen-bond donors (Lipinski definition) is 1. The number of nitrogens with zero attached hydrogens (tertiary/aromatic N) is 1. The Hall–Kier alpha value is -2.38. The number of carbonyl (C=O) groups excluding carboxylic acids is 1. The van der Waals surface area contributed by atoms with Crippen LogP contribution >= 0.6 is 0 Å². The zero-order valence-electron chi connectivity index (χ0n) is 12.2. The van der Waals surface area contributed by atoms with Crippen molar-refractivity contribution in [3.63, 3.8) is 0 Å². The van der Waals surface area contributed by atoms with Gasteiger partial charge in [-0.3, -0.25) is 9.59 Å². The van der Waals surface area contributed by atoms with E-state index in [1.54, 1.807) is 0 Å². The molecule has 0 heterocycles. The summed E-state index contributed by atoms with van der Waals surface area (Å²) in [6.45, 7) is -2.92. The molecule has 1 aromatic carbocycles. The number of ether oxygens (including phenoxy) is 2. The average molecular weight is 317 g/mol. The summed E-state index contributed by atoms with van der Waals surface area (Å²) in [6.07, 6.45) is 0.169. The molecule has 1 aromatic rings. The van der Waals surface area contributed by atoms with E-state index in [4.69, 9.17) is 9.84 Å². The fraction of sp³-hybridized carbons (Fsp3) is 0.429. The number of carboxylic acid groups (broad SMARTS) is 1. The van der Waals surface area contributed by atoms with Gasteiger partial charge >= 0.3 is 12.6 Å². The van der Waals surface area contributed by atoms with Crippen molar-refractivity contribution < 1.29 is 33.0 Å². The van der Waals surface area contributed by atoms with Crippen molar-refractivity contribution in [1.29, 1.82) is 0 Å². The van der Waals surface area contributed by atoms with E-state index in [9.17, 15) is 18.4 Å². The van der Waals surface area contributed by atoms with Crippen LogP contribution in [0.3, 0.4) is 0 Å². The van der Waals surface area contributed by atoms with Crippen LogP contribution in [0.25, 0.3) is 0 Å². The lowest BCUT2D eigenvalue weighted by molar-refractivity contribution is -0.137. The van der Waals surface area contributed by atoms with Crippen LogP contribution in [0.4, 0.5) is 8.78 Å². The van der Waals surface area contributed by atoms with Crippen molar-refractivity contribution in [1.82, 2.24) is 4.90 Å². The van der Waals surface area contributed by atoms with Gasteiger partial charge in [0.05, 0.1) is 12.7 Å². The Morgan fingerprint density at radius 1 is 1.36 bits per heavy atom. The maximum Gasteiger partial charge on any atom is 0.387 e. The second-order valence-electron chi connectivity index (χ2n) is 4.44. The van der Waals surface area contributed by atoms with Crippen molar-refractivity contribution in [3.8, 4) is 11.5 Å². The van der Waals surface area contributed by atoms with Crippen LogP contribution in [-0.2, 0) is 4.79 Å². The second kappa shape index (κ2) is 8.16. The SMILES string of the molecule is COc1cccc(C(=O)N(C)CCCC(=O)O)c1OC(F)F. The molecule has 0 unspecified atom stereocenters. The number of aliphatic carboxylic acids is 1. The predicted molar refractivity (Wildman–Crippen MR) is 73.5 cm³/mol. The Kier molecular flexibility index (Phi) is 6.55. The largest absolute Gasteiger partial charge is 0.493 e. The van der Waals surface area contributed by atoms with Gasteiger partial charge in [0, 0.05) is 20.0 Å². The van der Waals surface area contributed by atoms with E-state index in [0.717, 1.165) is 0 Å². The minimum Gasteiger partial charge on any atom is -0.493 e. The van der Waals surface area contributed by atoms with Gasteiger partial charge < -0.3 is 19.5 Å². The highest BCUT2D eigenvalue weighted by molar-refractivity contribution is 5.97. The molecule has 0 bridgehead atoms. The van der Waals surface area contributed by atoms with Crippen LogP contribution in [-0.4, -0.2) is 49.2 Å². The molecule has 1 amide bonds. The van der Waals surface area contributed by atoms with Gasteiger partial charge in [0.1, 0.15) is 0 Å². The quantitative estimate of drug-likeness (QED) is 0.796. The van der Waals surface area contributed by atoms with Gasteiger partial charge in [-0.05, 0) is 18.6 Å². The fourth-order valence-corrected chi connectivity index (χ4v) is 1.83. The van der Waals surface area contributed by atoms with E-state index < -0.39 is 18.5 Å². The van der Waals surface area contributed by atoms with Crippen LogP contribution < -0.4 is 9.47 Å².